The largest absolute Gasteiger partial charge is 0.386 e. The number of halogens is 3. The Morgan fingerprint density at radius 1 is 1.24 bits per heavy atom. The van der Waals surface area contributed by atoms with Crippen molar-refractivity contribution >= 4 is 55.5 Å². The van der Waals surface area contributed by atoms with E-state index in [0.717, 1.165) is 6.26 Å². The number of H-pyrrole nitrogens is 1. The van der Waals surface area contributed by atoms with E-state index in [-0.39, 0.29) is 15.1 Å². The first-order valence-corrected chi connectivity index (χ1v) is 10.3. The fourth-order valence-electron chi connectivity index (χ4n) is 2.68. The molecule has 0 aliphatic heterocycles. The Bertz CT molecular complexity index is 1050. The molecule has 0 saturated heterocycles. The second-order valence-corrected chi connectivity index (χ2v) is 8.99. The van der Waals surface area contributed by atoms with Gasteiger partial charge in [-0.2, -0.15) is 0 Å². The number of fused-ring (bicyclic) bond motifs is 1. The molecule has 0 amide bonds. The number of aliphatic hydroxyl groups is 1. The minimum atomic E-state index is -3.41. The van der Waals surface area contributed by atoms with E-state index in [0.29, 0.717) is 27.9 Å². The Morgan fingerprint density at radius 2 is 1.96 bits per heavy atom. The molecule has 25 heavy (non-hydrogen) atoms. The van der Waals surface area contributed by atoms with E-state index in [1.165, 1.54) is 0 Å². The first-order valence-electron chi connectivity index (χ1n) is 7.15. The van der Waals surface area contributed by atoms with Gasteiger partial charge in [0.05, 0.1) is 32.2 Å². The van der Waals surface area contributed by atoms with Crippen molar-refractivity contribution in [1.82, 2.24) is 9.97 Å². The molecule has 2 aromatic heterocycles. The molecular formula is C16H13Cl3N2O3S. The molecule has 0 radical (unpaired) electrons. The molecule has 1 aromatic carbocycles. The number of nitrogens with zero attached hydrogens (tertiary/aromatic N) is 1. The van der Waals surface area contributed by atoms with Gasteiger partial charge in [-0.15, -0.1) is 0 Å². The third-order valence-corrected chi connectivity index (χ3v) is 5.85. The number of pyridine rings is 1. The highest BCUT2D eigenvalue weighted by Gasteiger charge is 2.26. The average Bonchev–Trinajstić information content (AvgIpc) is 2.91. The van der Waals surface area contributed by atoms with E-state index in [2.05, 4.69) is 9.97 Å². The Labute approximate surface area is 159 Å². The second kappa shape index (κ2) is 6.78. The van der Waals surface area contributed by atoms with Crippen LogP contribution < -0.4 is 0 Å². The highest BCUT2D eigenvalue weighted by Crippen LogP contribution is 2.44. The third kappa shape index (κ3) is 3.64. The van der Waals surface area contributed by atoms with Crippen LogP contribution in [0.3, 0.4) is 0 Å². The molecule has 1 atom stereocenters. The third-order valence-electron chi connectivity index (χ3n) is 3.67. The minimum absolute atomic E-state index is 0.177. The van der Waals surface area contributed by atoms with Crippen molar-refractivity contribution in [3.63, 3.8) is 0 Å². The van der Waals surface area contributed by atoms with Gasteiger partial charge in [-0.25, -0.2) is 8.42 Å². The van der Waals surface area contributed by atoms with Crippen molar-refractivity contribution in [2.45, 2.75) is 6.10 Å². The molecule has 132 valence electrons. The van der Waals surface area contributed by atoms with Crippen LogP contribution in [-0.4, -0.2) is 35.5 Å². The van der Waals surface area contributed by atoms with Crippen molar-refractivity contribution in [3.8, 4) is 11.3 Å². The molecule has 0 fully saturated rings. The van der Waals surface area contributed by atoms with Crippen LogP contribution in [0.1, 0.15) is 11.8 Å². The predicted octanol–water partition coefficient (Wildman–Crippen LogP) is 4.27. The van der Waals surface area contributed by atoms with Crippen LogP contribution in [0.25, 0.3) is 22.2 Å². The number of hydrogen-bond acceptors (Lipinski definition) is 4. The van der Waals surface area contributed by atoms with E-state index in [1.54, 1.807) is 30.5 Å². The normalized spacial score (nSPS) is 13.3. The Kier molecular flexibility index (Phi) is 5.01. The van der Waals surface area contributed by atoms with Crippen molar-refractivity contribution in [2.75, 3.05) is 12.0 Å². The molecule has 2 heterocycles. The zero-order valence-electron chi connectivity index (χ0n) is 12.9. The molecule has 0 aliphatic carbocycles. The van der Waals surface area contributed by atoms with Crippen molar-refractivity contribution in [2.24, 2.45) is 0 Å². The smallest absolute Gasteiger partial charge is 0.150 e. The highest BCUT2D eigenvalue weighted by atomic mass is 35.5. The molecule has 0 spiro atoms. The number of aliphatic hydroxyl groups excluding tert-OH is 1. The number of benzene rings is 1. The maximum atomic E-state index is 11.6. The van der Waals surface area contributed by atoms with Crippen LogP contribution >= 0.6 is 34.8 Å². The average molecular weight is 420 g/mol. The van der Waals surface area contributed by atoms with Gasteiger partial charge in [0.2, 0.25) is 0 Å². The second-order valence-electron chi connectivity index (χ2n) is 5.65. The van der Waals surface area contributed by atoms with Gasteiger partial charge in [0.15, 0.2) is 0 Å². The zero-order chi connectivity index (χ0) is 18.4. The van der Waals surface area contributed by atoms with Crippen molar-refractivity contribution in [3.05, 3.63) is 51.2 Å². The summed E-state index contributed by atoms with van der Waals surface area (Å²) in [5.74, 6) is -0.446. The summed E-state index contributed by atoms with van der Waals surface area (Å²) in [6.45, 7) is 0. The standard InChI is InChI=1S/C16H13Cl3N2O3S/c1-25(23,24)7-11(22)16-13(9-4-2-3-5-20-9)12-10(21-16)6-8(17)14(18)15(12)19/h2-6,11,21-22H,7H2,1H3. The molecule has 9 heteroatoms. The fourth-order valence-corrected chi connectivity index (χ4v) is 4.12. The number of sulfone groups is 1. The number of rotatable bonds is 4. The quantitative estimate of drug-likeness (QED) is 0.619. The number of aromatic nitrogens is 2. The maximum absolute atomic E-state index is 11.6. The van der Waals surface area contributed by atoms with E-state index in [9.17, 15) is 13.5 Å². The number of hydrogen-bond donors (Lipinski definition) is 2. The van der Waals surface area contributed by atoms with E-state index in [4.69, 9.17) is 34.8 Å². The maximum Gasteiger partial charge on any atom is 0.150 e. The lowest BCUT2D eigenvalue weighted by Crippen LogP contribution is -2.13. The van der Waals surface area contributed by atoms with E-state index >= 15 is 0 Å². The molecule has 0 saturated carbocycles. The first kappa shape index (κ1) is 18.5. The van der Waals surface area contributed by atoms with Crippen LogP contribution in [0.4, 0.5) is 0 Å². The molecule has 5 nitrogen and oxygen atoms in total. The summed E-state index contributed by atoms with van der Waals surface area (Å²) in [5.41, 5.74) is 1.84. The number of aromatic amines is 1. The SMILES string of the molecule is CS(=O)(=O)CC(O)c1[nH]c2cc(Cl)c(Cl)c(Cl)c2c1-c1ccccn1. The monoisotopic (exact) mass is 418 g/mol. The molecule has 0 bridgehead atoms. The molecule has 1 unspecified atom stereocenters. The van der Waals surface area contributed by atoms with Crippen LogP contribution in [0, 0.1) is 0 Å². The van der Waals surface area contributed by atoms with Crippen LogP contribution in [-0.2, 0) is 9.84 Å². The lowest BCUT2D eigenvalue weighted by atomic mass is 10.0. The molecule has 3 rings (SSSR count). The van der Waals surface area contributed by atoms with Gasteiger partial charge in [0, 0.05) is 28.9 Å². The predicted molar refractivity (Wildman–Crippen MR) is 101 cm³/mol. The molecule has 0 aliphatic rings. The summed E-state index contributed by atoms with van der Waals surface area (Å²) >= 11 is 18.6. The lowest BCUT2D eigenvalue weighted by Gasteiger charge is -2.11. The number of nitrogens with one attached hydrogen (secondary N) is 1. The topological polar surface area (TPSA) is 83.0 Å². The summed E-state index contributed by atoms with van der Waals surface area (Å²) in [6, 6.07) is 6.84. The van der Waals surface area contributed by atoms with Crippen molar-refractivity contribution in [1.29, 1.82) is 0 Å². The van der Waals surface area contributed by atoms with Gasteiger partial charge >= 0.3 is 0 Å². The van der Waals surface area contributed by atoms with Gasteiger partial charge in [0.1, 0.15) is 15.9 Å². The van der Waals surface area contributed by atoms with Gasteiger partial charge in [-0.1, -0.05) is 40.9 Å². The Morgan fingerprint density at radius 3 is 2.56 bits per heavy atom. The Balaban J connectivity index is 2.35. The minimum Gasteiger partial charge on any atom is -0.386 e. The fraction of sp³-hybridized carbons (Fsp3) is 0.188. The van der Waals surface area contributed by atoms with Gasteiger partial charge in [-0.3, -0.25) is 4.98 Å². The summed E-state index contributed by atoms with van der Waals surface area (Å²) in [7, 11) is -3.41. The first-order chi connectivity index (χ1) is 11.7. The molecular weight excluding hydrogens is 407 g/mol. The summed E-state index contributed by atoms with van der Waals surface area (Å²) in [5, 5.41) is 11.6. The molecule has 2 N–H and O–H groups in total. The lowest BCUT2D eigenvalue weighted by molar-refractivity contribution is 0.198. The van der Waals surface area contributed by atoms with Crippen molar-refractivity contribution < 1.29 is 13.5 Å². The summed E-state index contributed by atoms with van der Waals surface area (Å²) in [4.78, 5) is 7.30. The van der Waals surface area contributed by atoms with Crippen LogP contribution in [0.5, 0.6) is 0 Å². The zero-order valence-corrected chi connectivity index (χ0v) is 16.0. The van der Waals surface area contributed by atoms with Crippen LogP contribution in [0.15, 0.2) is 30.5 Å². The van der Waals surface area contributed by atoms with Gasteiger partial charge in [-0.05, 0) is 18.2 Å². The molecule has 3 aromatic rings. The van der Waals surface area contributed by atoms with Gasteiger partial charge < -0.3 is 10.1 Å². The Hall–Kier alpha value is -1.31. The van der Waals surface area contributed by atoms with E-state index < -0.39 is 21.7 Å². The summed E-state index contributed by atoms with van der Waals surface area (Å²) < 4.78 is 23.2. The summed E-state index contributed by atoms with van der Waals surface area (Å²) in [6.07, 6.45) is 1.36. The van der Waals surface area contributed by atoms with Crippen LogP contribution in [0.2, 0.25) is 15.1 Å². The highest BCUT2D eigenvalue weighted by molar-refractivity contribution is 7.90. The van der Waals surface area contributed by atoms with E-state index in [1.807, 2.05) is 0 Å². The van der Waals surface area contributed by atoms with Gasteiger partial charge in [0.25, 0.3) is 0 Å².